The van der Waals surface area contributed by atoms with E-state index in [2.05, 4.69) is 15.5 Å². The number of likely N-dealkylation sites (N-methyl/N-ethyl adjacent to an activating group) is 1. The standard InChI is InChI=1S/C13H21N5O2S/c1-4-9(2)14-10(19)8-17(3)12-15-16-13(21-12)18-7-5-6-11(18)20/h9H,4-8H2,1-3H3,(H,14,19)/t9-/m0/s1. The van der Waals surface area contributed by atoms with Crippen LogP contribution in [0.15, 0.2) is 0 Å². The maximum atomic E-state index is 11.9. The van der Waals surface area contributed by atoms with Gasteiger partial charge in [-0.05, 0) is 19.8 Å². The van der Waals surface area contributed by atoms with E-state index in [1.165, 1.54) is 11.3 Å². The van der Waals surface area contributed by atoms with Crippen LogP contribution >= 0.6 is 11.3 Å². The van der Waals surface area contributed by atoms with Gasteiger partial charge in [0.15, 0.2) is 0 Å². The Balaban J connectivity index is 1.94. The lowest BCUT2D eigenvalue weighted by Crippen LogP contribution is -2.39. The molecule has 1 aromatic heterocycles. The molecule has 2 rings (SSSR count). The Kier molecular flexibility index (Phi) is 5.11. The second-order valence-electron chi connectivity index (χ2n) is 5.25. The van der Waals surface area contributed by atoms with Crippen molar-refractivity contribution < 1.29 is 9.59 Å². The molecule has 0 aliphatic carbocycles. The molecular formula is C13H21N5O2S. The average molecular weight is 311 g/mol. The fourth-order valence-electron chi connectivity index (χ4n) is 2.03. The molecule has 1 aromatic rings. The molecule has 1 fully saturated rings. The van der Waals surface area contributed by atoms with Crippen LogP contribution in [-0.4, -0.2) is 48.2 Å². The minimum Gasteiger partial charge on any atom is -0.352 e. The number of hydrogen-bond acceptors (Lipinski definition) is 6. The molecule has 0 bridgehead atoms. The number of anilines is 2. The second kappa shape index (κ2) is 6.84. The van der Waals surface area contributed by atoms with E-state index in [-0.39, 0.29) is 24.4 Å². The first-order valence-corrected chi connectivity index (χ1v) is 7.97. The quantitative estimate of drug-likeness (QED) is 0.848. The van der Waals surface area contributed by atoms with Gasteiger partial charge in [0.05, 0.1) is 6.54 Å². The number of nitrogens with one attached hydrogen (secondary N) is 1. The molecule has 2 amide bonds. The molecule has 0 unspecified atom stereocenters. The van der Waals surface area contributed by atoms with Crippen LogP contribution in [-0.2, 0) is 9.59 Å². The summed E-state index contributed by atoms with van der Waals surface area (Å²) >= 11 is 1.34. The summed E-state index contributed by atoms with van der Waals surface area (Å²) in [7, 11) is 1.80. The van der Waals surface area contributed by atoms with Crippen LogP contribution < -0.4 is 15.1 Å². The third-order valence-corrected chi connectivity index (χ3v) is 4.50. The van der Waals surface area contributed by atoms with Gasteiger partial charge in [0, 0.05) is 26.1 Å². The van der Waals surface area contributed by atoms with Gasteiger partial charge in [-0.15, -0.1) is 10.2 Å². The predicted molar refractivity (Wildman–Crippen MR) is 82.7 cm³/mol. The van der Waals surface area contributed by atoms with Gasteiger partial charge < -0.3 is 10.2 Å². The molecule has 116 valence electrons. The predicted octanol–water partition coefficient (Wildman–Crippen LogP) is 1.02. The lowest BCUT2D eigenvalue weighted by Gasteiger charge is -2.17. The highest BCUT2D eigenvalue weighted by Gasteiger charge is 2.25. The van der Waals surface area contributed by atoms with Crippen molar-refractivity contribution in [1.29, 1.82) is 0 Å². The third-order valence-electron chi connectivity index (χ3n) is 3.44. The van der Waals surface area contributed by atoms with Gasteiger partial charge in [-0.2, -0.15) is 0 Å². The van der Waals surface area contributed by atoms with Crippen molar-refractivity contribution in [3.05, 3.63) is 0 Å². The van der Waals surface area contributed by atoms with Crippen molar-refractivity contribution in [3.8, 4) is 0 Å². The van der Waals surface area contributed by atoms with Crippen LogP contribution in [0.4, 0.5) is 10.3 Å². The van der Waals surface area contributed by atoms with E-state index >= 15 is 0 Å². The normalized spacial score (nSPS) is 16.1. The molecule has 0 aromatic carbocycles. The number of carbonyl (C=O) groups excluding carboxylic acids is 2. The van der Waals surface area contributed by atoms with Crippen molar-refractivity contribution in [2.24, 2.45) is 0 Å². The Morgan fingerprint density at radius 1 is 1.52 bits per heavy atom. The highest BCUT2D eigenvalue weighted by Crippen LogP contribution is 2.29. The molecule has 7 nitrogen and oxygen atoms in total. The Hall–Kier alpha value is -1.70. The molecule has 8 heteroatoms. The number of nitrogens with zero attached hydrogens (tertiary/aromatic N) is 4. The number of rotatable bonds is 6. The van der Waals surface area contributed by atoms with Crippen LogP contribution in [0.5, 0.6) is 0 Å². The van der Waals surface area contributed by atoms with Crippen molar-refractivity contribution in [1.82, 2.24) is 15.5 Å². The molecule has 1 saturated heterocycles. The van der Waals surface area contributed by atoms with E-state index in [0.29, 0.717) is 23.2 Å². The fraction of sp³-hybridized carbons (Fsp3) is 0.692. The lowest BCUT2D eigenvalue weighted by molar-refractivity contribution is -0.120. The average Bonchev–Trinajstić information content (AvgIpc) is 3.06. The zero-order valence-corrected chi connectivity index (χ0v) is 13.4. The van der Waals surface area contributed by atoms with Crippen LogP contribution in [0.3, 0.4) is 0 Å². The molecule has 1 aliphatic heterocycles. The van der Waals surface area contributed by atoms with Gasteiger partial charge in [0.25, 0.3) is 0 Å². The topological polar surface area (TPSA) is 78.4 Å². The minimum atomic E-state index is -0.0409. The maximum absolute atomic E-state index is 11.9. The lowest BCUT2D eigenvalue weighted by atomic mass is 10.2. The van der Waals surface area contributed by atoms with Crippen LogP contribution in [0.25, 0.3) is 0 Å². The summed E-state index contributed by atoms with van der Waals surface area (Å²) in [6.45, 7) is 4.93. The molecule has 21 heavy (non-hydrogen) atoms. The molecule has 1 N–H and O–H groups in total. The monoisotopic (exact) mass is 311 g/mol. The van der Waals surface area contributed by atoms with Crippen molar-refractivity contribution in [3.63, 3.8) is 0 Å². The van der Waals surface area contributed by atoms with Gasteiger partial charge in [-0.3, -0.25) is 14.5 Å². The van der Waals surface area contributed by atoms with Gasteiger partial charge in [-0.1, -0.05) is 18.3 Å². The van der Waals surface area contributed by atoms with Crippen molar-refractivity contribution >= 4 is 33.4 Å². The van der Waals surface area contributed by atoms with E-state index in [0.717, 1.165) is 12.8 Å². The molecule has 0 spiro atoms. The van der Waals surface area contributed by atoms with E-state index in [1.807, 2.05) is 13.8 Å². The summed E-state index contributed by atoms with van der Waals surface area (Å²) in [5.74, 6) is 0.0516. The highest BCUT2D eigenvalue weighted by molar-refractivity contribution is 7.19. The number of carbonyl (C=O) groups is 2. The second-order valence-corrected chi connectivity index (χ2v) is 6.18. The minimum absolute atomic E-state index is 0.0409. The summed E-state index contributed by atoms with van der Waals surface area (Å²) in [5.41, 5.74) is 0. The molecule has 1 aliphatic rings. The zero-order valence-electron chi connectivity index (χ0n) is 12.6. The fourth-order valence-corrected chi connectivity index (χ4v) is 2.88. The zero-order chi connectivity index (χ0) is 15.4. The van der Waals surface area contributed by atoms with Gasteiger partial charge in [0.1, 0.15) is 0 Å². The number of amides is 2. The van der Waals surface area contributed by atoms with E-state index in [4.69, 9.17) is 0 Å². The van der Waals surface area contributed by atoms with Crippen LogP contribution in [0.2, 0.25) is 0 Å². The number of aromatic nitrogens is 2. The van der Waals surface area contributed by atoms with Gasteiger partial charge in [-0.25, -0.2) is 0 Å². The number of hydrogen-bond donors (Lipinski definition) is 1. The van der Waals surface area contributed by atoms with Crippen molar-refractivity contribution in [2.45, 2.75) is 39.2 Å². The SMILES string of the molecule is CC[C@H](C)NC(=O)CN(C)c1nnc(N2CCCC2=O)s1. The molecule has 0 saturated carbocycles. The highest BCUT2D eigenvalue weighted by atomic mass is 32.1. The summed E-state index contributed by atoms with van der Waals surface area (Å²) in [5, 5.41) is 12.3. The summed E-state index contributed by atoms with van der Waals surface area (Å²) in [4.78, 5) is 26.9. The van der Waals surface area contributed by atoms with E-state index in [1.54, 1.807) is 16.8 Å². The maximum Gasteiger partial charge on any atom is 0.239 e. The van der Waals surface area contributed by atoms with Gasteiger partial charge >= 0.3 is 0 Å². The first-order valence-electron chi connectivity index (χ1n) is 7.15. The summed E-state index contributed by atoms with van der Waals surface area (Å²) in [6.07, 6.45) is 2.33. The largest absolute Gasteiger partial charge is 0.352 e. The molecule has 2 heterocycles. The Bertz CT molecular complexity index is 518. The van der Waals surface area contributed by atoms with Crippen LogP contribution in [0, 0.1) is 0 Å². The van der Waals surface area contributed by atoms with E-state index in [9.17, 15) is 9.59 Å². The molecular weight excluding hydrogens is 290 g/mol. The molecule has 0 radical (unpaired) electrons. The first kappa shape index (κ1) is 15.7. The Morgan fingerprint density at radius 3 is 2.90 bits per heavy atom. The van der Waals surface area contributed by atoms with Gasteiger partial charge in [0.2, 0.25) is 22.1 Å². The first-order chi connectivity index (χ1) is 10.0. The Morgan fingerprint density at radius 2 is 2.29 bits per heavy atom. The van der Waals surface area contributed by atoms with Crippen molar-refractivity contribution in [2.75, 3.05) is 29.9 Å². The summed E-state index contributed by atoms with van der Waals surface area (Å²) in [6, 6.07) is 0.165. The van der Waals surface area contributed by atoms with E-state index < -0.39 is 0 Å². The smallest absolute Gasteiger partial charge is 0.239 e. The van der Waals surface area contributed by atoms with Crippen LogP contribution in [0.1, 0.15) is 33.1 Å². The third kappa shape index (κ3) is 3.90. The molecule has 1 atom stereocenters. The summed E-state index contributed by atoms with van der Waals surface area (Å²) < 4.78 is 0. The Labute approximate surface area is 128 Å².